The van der Waals surface area contributed by atoms with E-state index in [1.807, 2.05) is 0 Å². The number of sulfonamides is 1. The van der Waals surface area contributed by atoms with E-state index >= 15 is 0 Å². The molecule has 0 spiro atoms. The van der Waals surface area contributed by atoms with Gasteiger partial charge in [0, 0.05) is 19.2 Å². The van der Waals surface area contributed by atoms with Crippen LogP contribution in [0.5, 0.6) is 11.5 Å². The van der Waals surface area contributed by atoms with Crippen molar-refractivity contribution in [1.82, 2.24) is 9.79 Å². The Morgan fingerprint density at radius 2 is 1.74 bits per heavy atom. The van der Waals surface area contributed by atoms with Crippen LogP contribution in [0.2, 0.25) is 0 Å². The molecule has 0 heterocycles. The molecule has 2 rings (SSSR count). The van der Waals surface area contributed by atoms with Crippen LogP contribution >= 0.6 is 0 Å². The van der Waals surface area contributed by atoms with Crippen LogP contribution in [0.1, 0.15) is 15.9 Å². The fourth-order valence-electron chi connectivity index (χ4n) is 2.32. The van der Waals surface area contributed by atoms with Crippen molar-refractivity contribution in [3.05, 3.63) is 53.6 Å². The zero-order valence-electron chi connectivity index (χ0n) is 15.6. The SMILES string of the molecule is COc1ccc(CNC(=O)c2cccc(S(=O)(=O)N(C)OC)c2)cc1OC. The molecule has 0 fully saturated rings. The molecule has 9 heteroatoms. The predicted molar refractivity (Wildman–Crippen MR) is 99.1 cm³/mol. The van der Waals surface area contributed by atoms with Crippen molar-refractivity contribution in [2.75, 3.05) is 28.4 Å². The van der Waals surface area contributed by atoms with Gasteiger partial charge in [-0.25, -0.2) is 8.42 Å². The van der Waals surface area contributed by atoms with Crippen molar-refractivity contribution in [2.24, 2.45) is 0 Å². The summed E-state index contributed by atoms with van der Waals surface area (Å²) in [6.07, 6.45) is 0. The molecule has 146 valence electrons. The van der Waals surface area contributed by atoms with Crippen LogP contribution in [0.4, 0.5) is 0 Å². The molecule has 1 amide bonds. The molecule has 0 radical (unpaired) electrons. The molecular weight excluding hydrogens is 372 g/mol. The zero-order valence-corrected chi connectivity index (χ0v) is 16.4. The molecule has 1 N–H and O–H groups in total. The van der Waals surface area contributed by atoms with Crippen LogP contribution in [0.15, 0.2) is 47.4 Å². The lowest BCUT2D eigenvalue weighted by molar-refractivity contribution is -0.0258. The van der Waals surface area contributed by atoms with Crippen molar-refractivity contribution in [3.8, 4) is 11.5 Å². The summed E-state index contributed by atoms with van der Waals surface area (Å²) >= 11 is 0. The number of amides is 1. The molecule has 0 atom stereocenters. The first-order chi connectivity index (χ1) is 12.8. The van der Waals surface area contributed by atoms with Gasteiger partial charge >= 0.3 is 0 Å². The van der Waals surface area contributed by atoms with Crippen LogP contribution < -0.4 is 14.8 Å². The van der Waals surface area contributed by atoms with Gasteiger partial charge in [-0.2, -0.15) is 0 Å². The van der Waals surface area contributed by atoms with Gasteiger partial charge in [0.05, 0.1) is 26.2 Å². The molecule has 0 bridgehead atoms. The smallest absolute Gasteiger partial charge is 0.264 e. The van der Waals surface area contributed by atoms with Crippen molar-refractivity contribution < 1.29 is 27.5 Å². The predicted octanol–water partition coefficient (Wildman–Crippen LogP) is 1.82. The van der Waals surface area contributed by atoms with E-state index in [-0.39, 0.29) is 17.0 Å². The summed E-state index contributed by atoms with van der Waals surface area (Å²) < 4.78 is 35.7. The van der Waals surface area contributed by atoms with E-state index in [2.05, 4.69) is 5.32 Å². The number of benzene rings is 2. The van der Waals surface area contributed by atoms with Crippen LogP contribution in [0, 0.1) is 0 Å². The van der Waals surface area contributed by atoms with Gasteiger partial charge < -0.3 is 14.8 Å². The Bertz CT molecular complexity index is 914. The van der Waals surface area contributed by atoms with Gasteiger partial charge in [-0.15, -0.1) is 0 Å². The largest absolute Gasteiger partial charge is 0.493 e. The number of hydrogen-bond donors (Lipinski definition) is 1. The summed E-state index contributed by atoms with van der Waals surface area (Å²) in [5.74, 6) is 0.745. The molecule has 8 nitrogen and oxygen atoms in total. The summed E-state index contributed by atoms with van der Waals surface area (Å²) in [4.78, 5) is 17.1. The first-order valence-electron chi connectivity index (χ1n) is 7.95. The molecule has 0 saturated heterocycles. The topological polar surface area (TPSA) is 94.2 Å². The number of carbonyl (C=O) groups excluding carboxylic acids is 1. The number of ether oxygens (including phenoxy) is 2. The molecule has 0 saturated carbocycles. The van der Waals surface area contributed by atoms with Gasteiger partial charge in [0.1, 0.15) is 0 Å². The minimum absolute atomic E-state index is 0.0365. The first-order valence-corrected chi connectivity index (χ1v) is 9.39. The lowest BCUT2D eigenvalue weighted by Gasteiger charge is -2.14. The second kappa shape index (κ2) is 8.85. The van der Waals surface area contributed by atoms with Crippen molar-refractivity contribution in [1.29, 1.82) is 0 Å². The molecule has 27 heavy (non-hydrogen) atoms. The van der Waals surface area contributed by atoms with Crippen LogP contribution in [0.25, 0.3) is 0 Å². The van der Waals surface area contributed by atoms with Gasteiger partial charge in [0.15, 0.2) is 11.5 Å². The number of nitrogens with zero attached hydrogens (tertiary/aromatic N) is 1. The molecule has 2 aromatic rings. The highest BCUT2D eigenvalue weighted by Crippen LogP contribution is 2.27. The third-order valence-corrected chi connectivity index (χ3v) is 5.57. The fraction of sp³-hybridized carbons (Fsp3) is 0.278. The van der Waals surface area contributed by atoms with Gasteiger partial charge in [-0.3, -0.25) is 9.63 Å². The van der Waals surface area contributed by atoms with Crippen LogP contribution in [-0.4, -0.2) is 47.2 Å². The summed E-state index contributed by atoms with van der Waals surface area (Å²) in [7, 11) is 1.77. The van der Waals surface area contributed by atoms with E-state index in [0.29, 0.717) is 11.5 Å². The Morgan fingerprint density at radius 1 is 1.04 bits per heavy atom. The minimum atomic E-state index is -3.83. The number of hydrogen-bond acceptors (Lipinski definition) is 6. The van der Waals surface area contributed by atoms with Crippen LogP contribution in [-0.2, 0) is 21.4 Å². The quantitative estimate of drug-likeness (QED) is 0.687. The Kier molecular flexibility index (Phi) is 6.78. The highest BCUT2D eigenvalue weighted by molar-refractivity contribution is 7.89. The molecule has 0 unspecified atom stereocenters. The summed E-state index contributed by atoms with van der Waals surface area (Å²) in [6.45, 7) is 0.244. The van der Waals surface area contributed by atoms with E-state index in [4.69, 9.17) is 14.3 Å². The van der Waals surface area contributed by atoms with E-state index in [1.54, 1.807) is 25.3 Å². The Balaban J connectivity index is 2.14. The van der Waals surface area contributed by atoms with Gasteiger partial charge in [-0.1, -0.05) is 16.6 Å². The number of methoxy groups -OCH3 is 2. The second-order valence-corrected chi connectivity index (χ2v) is 7.43. The lowest BCUT2D eigenvalue weighted by Crippen LogP contribution is -2.27. The normalized spacial score (nSPS) is 11.3. The zero-order chi connectivity index (χ0) is 20.0. The Morgan fingerprint density at radius 3 is 2.37 bits per heavy atom. The highest BCUT2D eigenvalue weighted by Gasteiger charge is 2.21. The van der Waals surface area contributed by atoms with E-state index in [1.165, 1.54) is 45.5 Å². The lowest BCUT2D eigenvalue weighted by atomic mass is 10.1. The summed E-state index contributed by atoms with van der Waals surface area (Å²) in [6, 6.07) is 11.0. The molecule has 0 aliphatic rings. The van der Waals surface area contributed by atoms with Crippen molar-refractivity contribution in [2.45, 2.75) is 11.4 Å². The Labute approximate surface area is 158 Å². The van der Waals surface area contributed by atoms with Crippen molar-refractivity contribution >= 4 is 15.9 Å². The summed E-state index contributed by atoms with van der Waals surface area (Å²) in [5, 5.41) is 2.75. The second-order valence-electron chi connectivity index (χ2n) is 5.50. The standard InChI is InChI=1S/C18H22N2O6S/c1-20(26-4)27(22,23)15-7-5-6-14(11-15)18(21)19-12-13-8-9-16(24-2)17(10-13)25-3/h5-11H,12H2,1-4H3,(H,19,21). The summed E-state index contributed by atoms with van der Waals surface area (Å²) in [5.41, 5.74) is 1.03. The van der Waals surface area contributed by atoms with Gasteiger partial charge in [-0.05, 0) is 35.9 Å². The van der Waals surface area contributed by atoms with Crippen LogP contribution in [0.3, 0.4) is 0 Å². The maximum absolute atomic E-state index is 12.4. The van der Waals surface area contributed by atoms with E-state index in [9.17, 15) is 13.2 Å². The monoisotopic (exact) mass is 394 g/mol. The third kappa shape index (κ3) is 4.76. The number of hydroxylamine groups is 1. The molecule has 0 aromatic heterocycles. The van der Waals surface area contributed by atoms with Crippen molar-refractivity contribution in [3.63, 3.8) is 0 Å². The Hall–Kier alpha value is -2.62. The van der Waals surface area contributed by atoms with Gasteiger partial charge in [0.25, 0.3) is 15.9 Å². The average molecular weight is 394 g/mol. The molecular formula is C18H22N2O6S. The van der Waals surface area contributed by atoms with E-state index in [0.717, 1.165) is 10.0 Å². The average Bonchev–Trinajstić information content (AvgIpc) is 2.70. The maximum atomic E-state index is 12.4. The number of carbonyl (C=O) groups is 1. The fourth-order valence-corrected chi connectivity index (χ4v) is 3.34. The maximum Gasteiger partial charge on any atom is 0.264 e. The van der Waals surface area contributed by atoms with E-state index < -0.39 is 15.9 Å². The molecule has 0 aliphatic carbocycles. The number of rotatable bonds is 8. The first kappa shape index (κ1) is 20.7. The highest BCUT2D eigenvalue weighted by atomic mass is 32.2. The third-order valence-electron chi connectivity index (χ3n) is 3.89. The molecule has 2 aromatic carbocycles. The minimum Gasteiger partial charge on any atom is -0.493 e. The number of nitrogens with one attached hydrogen (secondary N) is 1. The molecule has 0 aliphatic heterocycles. The van der Waals surface area contributed by atoms with Gasteiger partial charge in [0.2, 0.25) is 0 Å².